The molecule has 3 aromatic carbocycles. The molecule has 0 radical (unpaired) electrons. The van der Waals surface area contributed by atoms with Crippen LogP contribution in [0.4, 0.5) is 5.69 Å². The predicted molar refractivity (Wildman–Crippen MR) is 127 cm³/mol. The number of carbonyl (C=O) groups excluding carboxylic acids is 1. The molecule has 0 aliphatic rings. The van der Waals surface area contributed by atoms with Crippen molar-refractivity contribution >= 4 is 21.6 Å². The number of aromatic nitrogens is 3. The third kappa shape index (κ3) is 5.59. The second kappa shape index (κ2) is 10.2. The Balaban J connectivity index is 1.34. The molecule has 9 nitrogen and oxygen atoms in total. The first kappa shape index (κ1) is 23.0. The summed E-state index contributed by atoms with van der Waals surface area (Å²) in [7, 11) is -3.76. The number of amides is 1. The van der Waals surface area contributed by atoms with Crippen molar-refractivity contribution in [2.75, 3.05) is 11.3 Å². The first-order chi connectivity index (χ1) is 16.4. The van der Waals surface area contributed by atoms with Gasteiger partial charge < -0.3 is 10.1 Å². The SMILES string of the molecule is CCOc1ccc(S(=O)(=O)Nc2ccc(C(=O)NCc3ccc(-n4cncn4)cc3)cc2)cc1. The van der Waals surface area contributed by atoms with Crippen LogP contribution in [0, 0.1) is 0 Å². The standard InChI is InChI=1S/C24H23N5O4S/c1-2-33-22-11-13-23(14-12-22)34(31,32)28-20-7-5-19(6-8-20)24(30)26-15-18-3-9-21(10-4-18)29-17-25-16-27-29/h3-14,16-17,28H,2,15H2,1H3,(H,26,30). The molecular formula is C24H23N5O4S. The van der Waals surface area contributed by atoms with E-state index in [4.69, 9.17) is 4.74 Å². The van der Waals surface area contributed by atoms with Crippen LogP contribution in [0.25, 0.3) is 5.69 Å². The van der Waals surface area contributed by atoms with E-state index in [1.165, 1.54) is 18.5 Å². The average molecular weight is 478 g/mol. The highest BCUT2D eigenvalue weighted by Crippen LogP contribution is 2.20. The number of rotatable bonds is 9. The van der Waals surface area contributed by atoms with Gasteiger partial charge in [-0.1, -0.05) is 12.1 Å². The summed E-state index contributed by atoms with van der Waals surface area (Å²) in [4.78, 5) is 16.5. The van der Waals surface area contributed by atoms with Crippen molar-refractivity contribution in [2.45, 2.75) is 18.4 Å². The molecule has 0 saturated heterocycles. The van der Waals surface area contributed by atoms with Gasteiger partial charge in [-0.2, -0.15) is 5.10 Å². The Labute approximate surface area is 197 Å². The number of nitrogens with zero attached hydrogens (tertiary/aromatic N) is 3. The van der Waals surface area contributed by atoms with Crippen molar-refractivity contribution < 1.29 is 17.9 Å². The van der Waals surface area contributed by atoms with Gasteiger partial charge in [0.05, 0.1) is 17.2 Å². The topological polar surface area (TPSA) is 115 Å². The largest absolute Gasteiger partial charge is 0.494 e. The summed E-state index contributed by atoms with van der Waals surface area (Å²) >= 11 is 0. The van der Waals surface area contributed by atoms with E-state index in [-0.39, 0.29) is 10.8 Å². The quantitative estimate of drug-likeness (QED) is 0.382. The fourth-order valence-corrected chi connectivity index (χ4v) is 4.24. The van der Waals surface area contributed by atoms with Gasteiger partial charge in [-0.15, -0.1) is 0 Å². The fraction of sp³-hybridized carbons (Fsp3) is 0.125. The third-order valence-corrected chi connectivity index (χ3v) is 6.31. The highest BCUT2D eigenvalue weighted by molar-refractivity contribution is 7.92. The number of sulfonamides is 1. The lowest BCUT2D eigenvalue weighted by molar-refractivity contribution is 0.0951. The molecule has 1 aromatic heterocycles. The van der Waals surface area contributed by atoms with Crippen molar-refractivity contribution in [2.24, 2.45) is 0 Å². The number of benzene rings is 3. The van der Waals surface area contributed by atoms with Crippen molar-refractivity contribution in [3.8, 4) is 11.4 Å². The molecule has 1 heterocycles. The van der Waals surface area contributed by atoms with Gasteiger partial charge in [0.15, 0.2) is 0 Å². The van der Waals surface area contributed by atoms with Crippen LogP contribution in [-0.4, -0.2) is 35.7 Å². The van der Waals surface area contributed by atoms with Crippen molar-refractivity contribution in [1.82, 2.24) is 20.1 Å². The van der Waals surface area contributed by atoms with Gasteiger partial charge in [-0.05, 0) is 73.2 Å². The molecule has 0 spiro atoms. The van der Waals surface area contributed by atoms with Gasteiger partial charge in [-0.3, -0.25) is 9.52 Å². The maximum Gasteiger partial charge on any atom is 0.261 e. The molecular weight excluding hydrogens is 454 g/mol. The first-order valence-electron chi connectivity index (χ1n) is 10.5. The van der Waals surface area contributed by atoms with E-state index in [9.17, 15) is 13.2 Å². The highest BCUT2D eigenvalue weighted by Gasteiger charge is 2.15. The van der Waals surface area contributed by atoms with Crippen LogP contribution in [0.1, 0.15) is 22.8 Å². The molecule has 4 aromatic rings. The summed E-state index contributed by atoms with van der Waals surface area (Å²) in [5, 5.41) is 6.93. The molecule has 174 valence electrons. The Hall–Kier alpha value is -4.18. The second-order valence-electron chi connectivity index (χ2n) is 7.28. The number of nitrogens with one attached hydrogen (secondary N) is 2. The van der Waals surface area contributed by atoms with E-state index in [0.29, 0.717) is 30.2 Å². The molecule has 34 heavy (non-hydrogen) atoms. The maximum atomic E-state index is 12.6. The molecule has 10 heteroatoms. The molecule has 0 atom stereocenters. The zero-order valence-corrected chi connectivity index (χ0v) is 19.2. The van der Waals surface area contributed by atoms with E-state index in [2.05, 4.69) is 20.1 Å². The lowest BCUT2D eigenvalue weighted by Crippen LogP contribution is -2.22. The van der Waals surface area contributed by atoms with Gasteiger partial charge in [0.2, 0.25) is 0 Å². The van der Waals surface area contributed by atoms with E-state index in [1.54, 1.807) is 47.4 Å². The Morgan fingerprint density at radius 3 is 2.29 bits per heavy atom. The minimum atomic E-state index is -3.76. The van der Waals surface area contributed by atoms with E-state index < -0.39 is 10.0 Å². The van der Waals surface area contributed by atoms with Crippen molar-refractivity contribution in [1.29, 1.82) is 0 Å². The van der Waals surface area contributed by atoms with Crippen LogP contribution in [0.15, 0.2) is 90.3 Å². The molecule has 1 amide bonds. The number of hydrogen-bond donors (Lipinski definition) is 2. The van der Waals surface area contributed by atoms with Crippen LogP contribution < -0.4 is 14.8 Å². The van der Waals surface area contributed by atoms with Gasteiger partial charge >= 0.3 is 0 Å². The molecule has 0 aliphatic carbocycles. The number of hydrogen-bond acceptors (Lipinski definition) is 6. The number of anilines is 1. The van der Waals surface area contributed by atoms with Gasteiger partial charge in [0.25, 0.3) is 15.9 Å². The summed E-state index contributed by atoms with van der Waals surface area (Å²) in [5.74, 6) is 0.337. The van der Waals surface area contributed by atoms with Crippen LogP contribution in [0.2, 0.25) is 0 Å². The van der Waals surface area contributed by atoms with Crippen LogP contribution in [0.3, 0.4) is 0 Å². The maximum absolute atomic E-state index is 12.6. The molecule has 0 saturated carbocycles. The van der Waals surface area contributed by atoms with Crippen LogP contribution in [-0.2, 0) is 16.6 Å². The average Bonchev–Trinajstić information content (AvgIpc) is 3.39. The minimum absolute atomic E-state index is 0.118. The second-order valence-corrected chi connectivity index (χ2v) is 8.96. The number of ether oxygens (including phenoxy) is 1. The van der Waals surface area contributed by atoms with Gasteiger partial charge in [-0.25, -0.2) is 18.1 Å². The lowest BCUT2D eigenvalue weighted by Gasteiger charge is -2.10. The van der Waals surface area contributed by atoms with Crippen LogP contribution in [0.5, 0.6) is 5.75 Å². The fourth-order valence-electron chi connectivity index (χ4n) is 3.18. The monoisotopic (exact) mass is 477 g/mol. The normalized spacial score (nSPS) is 11.1. The van der Waals surface area contributed by atoms with Crippen LogP contribution >= 0.6 is 0 Å². The van der Waals surface area contributed by atoms with Crippen molar-refractivity contribution in [3.63, 3.8) is 0 Å². The summed E-state index contributed by atoms with van der Waals surface area (Å²) < 4.78 is 34.7. The first-order valence-corrected chi connectivity index (χ1v) is 12.0. The van der Waals surface area contributed by atoms with Gasteiger partial charge in [0.1, 0.15) is 18.4 Å². The number of carbonyl (C=O) groups is 1. The van der Waals surface area contributed by atoms with E-state index in [1.807, 2.05) is 31.2 Å². The van der Waals surface area contributed by atoms with Gasteiger partial charge in [0, 0.05) is 17.8 Å². The highest BCUT2D eigenvalue weighted by atomic mass is 32.2. The lowest BCUT2D eigenvalue weighted by atomic mass is 10.1. The summed E-state index contributed by atoms with van der Waals surface area (Å²) in [6, 6.07) is 20.0. The molecule has 0 bridgehead atoms. The summed E-state index contributed by atoms with van der Waals surface area (Å²) in [6.07, 6.45) is 3.07. The molecule has 2 N–H and O–H groups in total. The minimum Gasteiger partial charge on any atom is -0.494 e. The molecule has 4 rings (SSSR count). The Morgan fingerprint density at radius 2 is 1.68 bits per heavy atom. The Bertz CT molecular complexity index is 1340. The summed E-state index contributed by atoms with van der Waals surface area (Å²) in [6.45, 7) is 2.71. The molecule has 0 fully saturated rings. The smallest absolute Gasteiger partial charge is 0.261 e. The zero-order valence-electron chi connectivity index (χ0n) is 18.4. The Morgan fingerprint density at radius 1 is 0.971 bits per heavy atom. The van der Waals surface area contributed by atoms with E-state index in [0.717, 1.165) is 11.3 Å². The molecule has 0 aliphatic heterocycles. The van der Waals surface area contributed by atoms with E-state index >= 15 is 0 Å². The molecule has 0 unspecified atom stereocenters. The predicted octanol–water partition coefficient (Wildman–Crippen LogP) is 3.40. The van der Waals surface area contributed by atoms with Crippen molar-refractivity contribution in [3.05, 3.63) is 96.6 Å². The zero-order chi connectivity index (χ0) is 24.0. The Kier molecular flexibility index (Phi) is 6.88. The summed E-state index contributed by atoms with van der Waals surface area (Å²) in [5.41, 5.74) is 2.57. The third-order valence-electron chi connectivity index (χ3n) is 4.92.